The van der Waals surface area contributed by atoms with Crippen LogP contribution in [0.5, 0.6) is 0 Å². The smallest absolute Gasteiger partial charge is 0.252 e. The summed E-state index contributed by atoms with van der Waals surface area (Å²) in [6.45, 7) is 7.67. The monoisotopic (exact) mass is 483 g/mol. The maximum Gasteiger partial charge on any atom is 0.252 e. The van der Waals surface area contributed by atoms with E-state index in [0.717, 1.165) is 51.3 Å². The fourth-order valence-corrected chi connectivity index (χ4v) is 6.21. The highest BCUT2D eigenvalue weighted by molar-refractivity contribution is 6.01. The predicted octanol–water partition coefficient (Wildman–Crippen LogP) is 0.767. The second kappa shape index (κ2) is 9.87. The number of carbonyl (C=O) groups excluding carboxylic acids is 3. The highest BCUT2D eigenvalue weighted by atomic mass is 16.5. The number of anilines is 1. The number of nitrogens with zero attached hydrogens (tertiary/aromatic N) is 3. The number of nitrogens with two attached hydrogens (primary N) is 1. The number of piperazine rings is 1. The van der Waals surface area contributed by atoms with Gasteiger partial charge in [0.1, 0.15) is 24.3 Å². The van der Waals surface area contributed by atoms with Crippen LogP contribution in [0.1, 0.15) is 49.4 Å². The van der Waals surface area contributed by atoms with Gasteiger partial charge in [0.05, 0.1) is 6.04 Å². The van der Waals surface area contributed by atoms with E-state index in [1.165, 1.54) is 6.42 Å². The van der Waals surface area contributed by atoms with Crippen molar-refractivity contribution in [1.82, 2.24) is 15.1 Å². The Labute approximate surface area is 206 Å². The summed E-state index contributed by atoms with van der Waals surface area (Å²) in [5.41, 5.74) is 6.83. The number of likely N-dealkylation sites (tertiary alicyclic amines) is 1. The van der Waals surface area contributed by atoms with Gasteiger partial charge in [-0.3, -0.25) is 19.3 Å². The van der Waals surface area contributed by atoms with E-state index in [4.69, 9.17) is 10.5 Å². The van der Waals surface area contributed by atoms with Crippen molar-refractivity contribution in [3.05, 3.63) is 29.8 Å². The van der Waals surface area contributed by atoms with Crippen molar-refractivity contribution in [2.45, 2.75) is 62.8 Å². The summed E-state index contributed by atoms with van der Waals surface area (Å²) in [6.07, 6.45) is 3.56. The molecule has 2 amide bonds. The molecule has 190 valence electrons. The molecule has 9 heteroatoms. The zero-order chi connectivity index (χ0) is 24.6. The number of Topliss-reactive ketones (excluding diaryl/α,β-unsaturated/α-hetero) is 1. The number of ketones is 1. The molecule has 35 heavy (non-hydrogen) atoms. The van der Waals surface area contributed by atoms with Crippen molar-refractivity contribution in [1.29, 1.82) is 0 Å². The van der Waals surface area contributed by atoms with Gasteiger partial charge in [-0.1, -0.05) is 19.8 Å². The summed E-state index contributed by atoms with van der Waals surface area (Å²) in [6, 6.07) is 6.64. The van der Waals surface area contributed by atoms with Gasteiger partial charge in [-0.05, 0) is 50.1 Å². The fourth-order valence-electron chi connectivity index (χ4n) is 6.21. The van der Waals surface area contributed by atoms with Crippen molar-refractivity contribution < 1.29 is 19.1 Å². The zero-order valence-corrected chi connectivity index (χ0v) is 20.6. The summed E-state index contributed by atoms with van der Waals surface area (Å²) >= 11 is 0. The highest BCUT2D eigenvalue weighted by Gasteiger charge is 2.55. The van der Waals surface area contributed by atoms with Crippen molar-refractivity contribution in [3.8, 4) is 0 Å². The standard InChI is InChI=1S/C26H37N5O4/c1-2-11-29-12-14-30(15-13-29)19-7-5-18(6-8-19)24(33)28-26(9-3-4-10-26)25(34)31-16-20(27)23-22(31)21(32)17-35-23/h5-8,20,22-23H,2-4,9-17,27H2,1H3,(H,28,33)/t20-,22-,23+/m1/s1. The molecule has 3 aliphatic heterocycles. The Bertz CT molecular complexity index is 953. The molecule has 9 nitrogen and oxygen atoms in total. The molecule has 3 atom stereocenters. The maximum absolute atomic E-state index is 13.7. The van der Waals surface area contributed by atoms with Crippen LogP contribution in [-0.4, -0.2) is 97.0 Å². The van der Waals surface area contributed by atoms with E-state index >= 15 is 0 Å². The Balaban J connectivity index is 1.26. The third-order valence-electron chi connectivity index (χ3n) is 8.11. The molecular weight excluding hydrogens is 446 g/mol. The van der Waals surface area contributed by atoms with Crippen LogP contribution < -0.4 is 16.0 Å². The van der Waals surface area contributed by atoms with Gasteiger partial charge in [-0.15, -0.1) is 0 Å². The van der Waals surface area contributed by atoms with Gasteiger partial charge in [0.25, 0.3) is 5.91 Å². The van der Waals surface area contributed by atoms with Gasteiger partial charge in [0, 0.05) is 44.0 Å². The number of carbonyl (C=O) groups is 3. The molecule has 4 fully saturated rings. The van der Waals surface area contributed by atoms with Crippen LogP contribution in [0.4, 0.5) is 5.69 Å². The topological polar surface area (TPSA) is 108 Å². The lowest BCUT2D eigenvalue weighted by molar-refractivity contribution is -0.142. The predicted molar refractivity (Wildman–Crippen MR) is 132 cm³/mol. The molecule has 4 aliphatic rings. The number of fused-ring (bicyclic) bond motifs is 1. The molecule has 0 spiro atoms. The Kier molecular flexibility index (Phi) is 6.83. The van der Waals surface area contributed by atoms with E-state index in [0.29, 0.717) is 18.4 Å². The minimum atomic E-state index is -0.997. The van der Waals surface area contributed by atoms with E-state index < -0.39 is 17.7 Å². The zero-order valence-electron chi connectivity index (χ0n) is 20.6. The van der Waals surface area contributed by atoms with Crippen LogP contribution in [0.2, 0.25) is 0 Å². The Hall–Kier alpha value is -2.49. The van der Waals surface area contributed by atoms with Gasteiger partial charge in [-0.25, -0.2) is 0 Å². The number of ether oxygens (including phenoxy) is 1. The minimum absolute atomic E-state index is 0.00776. The average molecular weight is 484 g/mol. The number of rotatable bonds is 6. The van der Waals surface area contributed by atoms with E-state index in [1.54, 1.807) is 4.90 Å². The van der Waals surface area contributed by atoms with Gasteiger partial charge in [-0.2, -0.15) is 0 Å². The molecular formula is C26H37N5O4. The molecule has 0 unspecified atom stereocenters. The molecule has 1 aromatic rings. The largest absolute Gasteiger partial charge is 0.369 e. The molecule has 0 radical (unpaired) electrons. The Morgan fingerprint density at radius 1 is 1.11 bits per heavy atom. The second-order valence-electron chi connectivity index (χ2n) is 10.4. The molecule has 1 aliphatic carbocycles. The van der Waals surface area contributed by atoms with Crippen molar-refractivity contribution in [3.63, 3.8) is 0 Å². The first-order valence-corrected chi connectivity index (χ1v) is 13.0. The molecule has 3 heterocycles. The summed E-state index contributed by atoms with van der Waals surface area (Å²) < 4.78 is 5.54. The number of hydrogen-bond donors (Lipinski definition) is 2. The van der Waals surface area contributed by atoms with Gasteiger partial charge in [0.2, 0.25) is 5.91 Å². The Morgan fingerprint density at radius 2 is 1.80 bits per heavy atom. The fraction of sp³-hybridized carbons (Fsp3) is 0.654. The number of benzene rings is 1. The molecule has 0 aromatic heterocycles. The second-order valence-corrected chi connectivity index (χ2v) is 10.4. The van der Waals surface area contributed by atoms with E-state index in [1.807, 2.05) is 24.3 Å². The number of hydrogen-bond acceptors (Lipinski definition) is 7. The Morgan fingerprint density at radius 3 is 2.46 bits per heavy atom. The third-order valence-corrected chi connectivity index (χ3v) is 8.11. The first-order chi connectivity index (χ1) is 16.9. The van der Waals surface area contributed by atoms with Crippen LogP contribution in [0, 0.1) is 0 Å². The van der Waals surface area contributed by atoms with Crippen molar-refractivity contribution in [2.75, 3.05) is 50.8 Å². The molecule has 3 saturated heterocycles. The molecule has 5 rings (SSSR count). The first-order valence-electron chi connectivity index (χ1n) is 13.0. The van der Waals surface area contributed by atoms with Crippen molar-refractivity contribution >= 4 is 23.3 Å². The van der Waals surface area contributed by atoms with Crippen LogP contribution in [0.25, 0.3) is 0 Å². The van der Waals surface area contributed by atoms with Crippen molar-refractivity contribution in [2.24, 2.45) is 5.73 Å². The van der Waals surface area contributed by atoms with Gasteiger partial charge < -0.3 is 25.6 Å². The quantitative estimate of drug-likeness (QED) is 0.615. The molecule has 1 saturated carbocycles. The van der Waals surface area contributed by atoms with Crippen LogP contribution in [0.15, 0.2) is 24.3 Å². The molecule has 1 aromatic carbocycles. The lowest BCUT2D eigenvalue weighted by Gasteiger charge is -2.36. The number of amides is 2. The van der Waals surface area contributed by atoms with Crippen LogP contribution >= 0.6 is 0 Å². The van der Waals surface area contributed by atoms with Gasteiger partial charge >= 0.3 is 0 Å². The van der Waals surface area contributed by atoms with Gasteiger partial charge in [0.15, 0.2) is 5.78 Å². The van der Waals surface area contributed by atoms with E-state index in [9.17, 15) is 14.4 Å². The third kappa shape index (κ3) is 4.57. The summed E-state index contributed by atoms with van der Waals surface area (Å²) in [5.74, 6) is -0.567. The molecule has 0 bridgehead atoms. The normalized spacial score (nSPS) is 28.4. The maximum atomic E-state index is 13.7. The molecule has 3 N–H and O–H groups in total. The minimum Gasteiger partial charge on any atom is -0.369 e. The summed E-state index contributed by atoms with van der Waals surface area (Å²) in [4.78, 5) is 45.8. The number of nitrogens with one attached hydrogen (secondary N) is 1. The first kappa shape index (κ1) is 24.2. The average Bonchev–Trinajstić information content (AvgIpc) is 3.58. The highest BCUT2D eigenvalue weighted by Crippen LogP contribution is 2.36. The lowest BCUT2D eigenvalue weighted by atomic mass is 9.93. The summed E-state index contributed by atoms with van der Waals surface area (Å²) in [7, 11) is 0. The van der Waals surface area contributed by atoms with E-state index in [-0.39, 0.29) is 36.8 Å². The van der Waals surface area contributed by atoms with Crippen LogP contribution in [-0.2, 0) is 14.3 Å². The summed E-state index contributed by atoms with van der Waals surface area (Å²) in [5, 5.41) is 3.07. The van der Waals surface area contributed by atoms with Crippen LogP contribution in [0.3, 0.4) is 0 Å². The van der Waals surface area contributed by atoms with E-state index in [2.05, 4.69) is 22.0 Å². The lowest BCUT2D eigenvalue weighted by Crippen LogP contribution is -2.60. The SMILES string of the molecule is CCCN1CCN(c2ccc(C(=O)NC3(C(=O)N4C[C@@H](N)[C@@H]5OCC(=O)[C@H]54)CCCC3)cc2)CC1.